The maximum atomic E-state index is 11.8. The van der Waals surface area contributed by atoms with Gasteiger partial charge in [-0.05, 0) is 29.7 Å². The molecule has 1 unspecified atom stereocenters. The summed E-state index contributed by atoms with van der Waals surface area (Å²) in [6.07, 6.45) is 0.834. The van der Waals surface area contributed by atoms with E-state index < -0.39 is 6.10 Å². The molecule has 0 bridgehead atoms. The zero-order valence-electron chi connectivity index (χ0n) is 15.3. The molecule has 7 nitrogen and oxygen atoms in total. The van der Waals surface area contributed by atoms with Gasteiger partial charge in [0.15, 0.2) is 11.7 Å². The first-order valence-electron chi connectivity index (χ1n) is 8.60. The molecule has 0 radical (unpaired) electrons. The highest BCUT2D eigenvalue weighted by molar-refractivity contribution is 14.0. The number of carbonyl (C=O) groups is 1. The van der Waals surface area contributed by atoms with E-state index in [2.05, 4.69) is 20.9 Å². The van der Waals surface area contributed by atoms with Crippen molar-refractivity contribution in [3.8, 4) is 0 Å². The summed E-state index contributed by atoms with van der Waals surface area (Å²) in [5.41, 5.74) is 0. The van der Waals surface area contributed by atoms with Crippen molar-refractivity contribution in [1.82, 2.24) is 16.0 Å². The highest BCUT2D eigenvalue weighted by Crippen LogP contribution is 2.29. The molecule has 0 aliphatic rings. The minimum Gasteiger partial charge on any atom is -0.459 e. The first kappa shape index (κ1) is 22.2. The Morgan fingerprint density at radius 2 is 1.96 bits per heavy atom. The first-order valence-corrected chi connectivity index (χ1v) is 9.42. The number of aliphatic hydroxyl groups is 1. The third-order valence-corrected chi connectivity index (χ3v) is 5.12. The Morgan fingerprint density at radius 1 is 1.18 bits per heavy atom. The average Bonchev–Trinajstić information content (AvgIpc) is 3.36. The number of nitrogens with one attached hydrogen (secondary N) is 3. The van der Waals surface area contributed by atoms with Crippen LogP contribution in [0, 0.1) is 0 Å². The Labute approximate surface area is 184 Å². The van der Waals surface area contributed by atoms with E-state index in [0.717, 1.165) is 15.0 Å². The van der Waals surface area contributed by atoms with Crippen LogP contribution in [0.3, 0.4) is 0 Å². The Morgan fingerprint density at radius 3 is 2.68 bits per heavy atom. The zero-order chi connectivity index (χ0) is 19.1. The minimum atomic E-state index is -0.625. The number of hydrogen-bond acceptors (Lipinski definition) is 5. The van der Waals surface area contributed by atoms with E-state index in [1.54, 1.807) is 30.5 Å². The number of halogens is 1. The van der Waals surface area contributed by atoms with Crippen molar-refractivity contribution < 1.29 is 14.3 Å². The molecule has 28 heavy (non-hydrogen) atoms. The molecule has 1 aromatic carbocycles. The number of guanidine groups is 1. The Bertz CT molecular complexity index is 878. The number of amides is 1. The zero-order valence-corrected chi connectivity index (χ0v) is 18.5. The van der Waals surface area contributed by atoms with Gasteiger partial charge in [0.2, 0.25) is 0 Å². The van der Waals surface area contributed by atoms with Gasteiger partial charge >= 0.3 is 0 Å². The number of aliphatic imine (C=N–C) groups is 1. The van der Waals surface area contributed by atoms with Crippen LogP contribution >= 0.6 is 35.3 Å². The number of carbonyl (C=O) groups excluding carboxylic acids is 1. The Balaban J connectivity index is 0.00000280. The van der Waals surface area contributed by atoms with Crippen molar-refractivity contribution in [2.24, 2.45) is 4.99 Å². The summed E-state index contributed by atoms with van der Waals surface area (Å²) in [4.78, 5) is 16.8. The largest absolute Gasteiger partial charge is 0.459 e. The number of fused-ring (bicyclic) bond motifs is 1. The summed E-state index contributed by atoms with van der Waals surface area (Å²) in [5, 5.41) is 20.5. The van der Waals surface area contributed by atoms with Crippen LogP contribution in [0.5, 0.6) is 0 Å². The normalized spacial score (nSPS) is 12.3. The standard InChI is InChI=1S/C19H22N4O3S.HI/c1-20-19(22-9-8-21-18(25)15-6-4-10-26-15)23-12-14(24)17-11-13-5-2-3-7-16(13)27-17;/h2-7,10-11,14,24H,8-9,12H2,1H3,(H,21,25)(H2,20,22,23);1H. The van der Waals surface area contributed by atoms with Crippen LogP contribution in [0.15, 0.2) is 58.1 Å². The molecule has 1 amide bonds. The molecule has 2 aromatic heterocycles. The number of nitrogens with zero attached hydrogens (tertiary/aromatic N) is 1. The van der Waals surface area contributed by atoms with E-state index in [4.69, 9.17) is 4.42 Å². The average molecular weight is 514 g/mol. The van der Waals surface area contributed by atoms with Crippen molar-refractivity contribution >= 4 is 57.3 Å². The molecule has 4 N–H and O–H groups in total. The molecule has 150 valence electrons. The quantitative estimate of drug-likeness (QED) is 0.168. The molecule has 0 aliphatic carbocycles. The number of rotatable bonds is 7. The predicted octanol–water partition coefficient (Wildman–Crippen LogP) is 2.74. The summed E-state index contributed by atoms with van der Waals surface area (Å²) >= 11 is 1.58. The lowest BCUT2D eigenvalue weighted by atomic mass is 10.2. The summed E-state index contributed by atoms with van der Waals surface area (Å²) in [5.74, 6) is 0.580. The predicted molar refractivity (Wildman–Crippen MR) is 123 cm³/mol. The number of furan rings is 1. The second-order valence-corrected chi connectivity index (χ2v) is 6.93. The Hall–Kier alpha value is -2.11. The lowest BCUT2D eigenvalue weighted by Crippen LogP contribution is -2.42. The molecule has 3 aromatic rings. The van der Waals surface area contributed by atoms with E-state index >= 15 is 0 Å². The van der Waals surface area contributed by atoms with Crippen LogP contribution in [-0.2, 0) is 0 Å². The SMILES string of the molecule is CN=C(NCCNC(=O)c1ccco1)NCC(O)c1cc2ccccc2s1.I. The maximum absolute atomic E-state index is 11.8. The van der Waals surface area contributed by atoms with Gasteiger partial charge in [0.05, 0.1) is 6.26 Å². The molecule has 9 heteroatoms. The van der Waals surface area contributed by atoms with E-state index in [9.17, 15) is 9.90 Å². The minimum absolute atomic E-state index is 0. The molecular formula is C19H23IN4O3S. The lowest BCUT2D eigenvalue weighted by molar-refractivity contribution is 0.0926. The van der Waals surface area contributed by atoms with E-state index in [1.807, 2.05) is 30.3 Å². The highest BCUT2D eigenvalue weighted by Gasteiger charge is 2.12. The fourth-order valence-electron chi connectivity index (χ4n) is 2.53. The van der Waals surface area contributed by atoms with Crippen molar-refractivity contribution in [3.05, 3.63) is 59.4 Å². The van der Waals surface area contributed by atoms with Gasteiger partial charge in [0.1, 0.15) is 6.10 Å². The molecule has 2 heterocycles. The van der Waals surface area contributed by atoms with Crippen LogP contribution in [0.1, 0.15) is 21.5 Å². The van der Waals surface area contributed by atoms with Gasteiger partial charge < -0.3 is 25.5 Å². The first-order chi connectivity index (χ1) is 13.2. The van der Waals surface area contributed by atoms with E-state index in [1.165, 1.54) is 6.26 Å². The van der Waals surface area contributed by atoms with Gasteiger partial charge in [-0.25, -0.2) is 0 Å². The van der Waals surface area contributed by atoms with Gasteiger partial charge in [-0.2, -0.15) is 0 Å². The third kappa shape index (κ3) is 5.94. The molecule has 0 fully saturated rings. The third-order valence-electron chi connectivity index (χ3n) is 3.91. The number of thiophene rings is 1. The lowest BCUT2D eigenvalue weighted by Gasteiger charge is -2.14. The highest BCUT2D eigenvalue weighted by atomic mass is 127. The van der Waals surface area contributed by atoms with Crippen LogP contribution < -0.4 is 16.0 Å². The van der Waals surface area contributed by atoms with Gasteiger partial charge in [0, 0.05) is 36.3 Å². The summed E-state index contributed by atoms with van der Waals surface area (Å²) in [7, 11) is 1.66. The molecule has 0 saturated carbocycles. The molecule has 3 rings (SSSR count). The maximum Gasteiger partial charge on any atom is 0.287 e. The van der Waals surface area contributed by atoms with Crippen LogP contribution in [0.2, 0.25) is 0 Å². The van der Waals surface area contributed by atoms with Crippen molar-refractivity contribution in [2.75, 3.05) is 26.7 Å². The summed E-state index contributed by atoms with van der Waals surface area (Å²) in [6, 6.07) is 13.3. The second-order valence-electron chi connectivity index (χ2n) is 5.82. The molecule has 0 spiro atoms. The molecule has 0 aliphatic heterocycles. The molecule has 0 saturated heterocycles. The van der Waals surface area contributed by atoms with Crippen LogP contribution in [0.25, 0.3) is 10.1 Å². The van der Waals surface area contributed by atoms with Crippen LogP contribution in [-0.4, -0.2) is 43.7 Å². The van der Waals surface area contributed by atoms with Crippen molar-refractivity contribution in [2.45, 2.75) is 6.10 Å². The Kier molecular flexibility index (Phi) is 8.74. The number of aliphatic hydroxyl groups excluding tert-OH is 1. The second kappa shape index (κ2) is 11.0. The van der Waals surface area contributed by atoms with E-state index in [0.29, 0.717) is 25.6 Å². The van der Waals surface area contributed by atoms with E-state index in [-0.39, 0.29) is 35.6 Å². The fraction of sp³-hybridized carbons (Fsp3) is 0.263. The smallest absolute Gasteiger partial charge is 0.287 e. The van der Waals surface area contributed by atoms with Gasteiger partial charge in [0.25, 0.3) is 5.91 Å². The van der Waals surface area contributed by atoms with Crippen LogP contribution in [0.4, 0.5) is 0 Å². The fourth-order valence-corrected chi connectivity index (χ4v) is 3.58. The molecular weight excluding hydrogens is 491 g/mol. The van der Waals surface area contributed by atoms with Gasteiger partial charge in [-0.15, -0.1) is 35.3 Å². The number of benzene rings is 1. The number of hydrogen-bond donors (Lipinski definition) is 4. The van der Waals surface area contributed by atoms with Crippen molar-refractivity contribution in [1.29, 1.82) is 0 Å². The molecule has 1 atom stereocenters. The summed E-state index contributed by atoms with van der Waals surface area (Å²) < 4.78 is 6.18. The monoisotopic (exact) mass is 514 g/mol. The topological polar surface area (TPSA) is 98.9 Å². The van der Waals surface area contributed by atoms with Gasteiger partial charge in [-0.3, -0.25) is 9.79 Å². The van der Waals surface area contributed by atoms with Crippen molar-refractivity contribution in [3.63, 3.8) is 0 Å². The summed E-state index contributed by atoms with van der Waals surface area (Å²) in [6.45, 7) is 1.25. The van der Waals surface area contributed by atoms with Gasteiger partial charge in [-0.1, -0.05) is 18.2 Å².